The molecule has 3 fully saturated rings. The first-order valence-corrected chi connectivity index (χ1v) is 32.4. The van der Waals surface area contributed by atoms with Crippen LogP contribution in [-0.2, 0) is 79.0 Å². The van der Waals surface area contributed by atoms with Gasteiger partial charge in [0.25, 0.3) is 0 Å². The van der Waals surface area contributed by atoms with Crippen LogP contribution in [0.15, 0.2) is 125 Å². The van der Waals surface area contributed by atoms with Crippen molar-refractivity contribution in [3.8, 4) is 22.9 Å². The second kappa shape index (κ2) is 39.8. The van der Waals surface area contributed by atoms with Crippen molar-refractivity contribution < 1.29 is 87.8 Å². The number of allylic oxidation sites excluding steroid dienone is 8. The molecule has 0 saturated carbocycles. The van der Waals surface area contributed by atoms with Crippen molar-refractivity contribution in [1.29, 1.82) is 0 Å². The minimum atomic E-state index is -0.481. The summed E-state index contributed by atoms with van der Waals surface area (Å²) in [7, 11) is 4.30. The maximum atomic E-state index is 6.15. The first-order chi connectivity index (χ1) is 40.5. The summed E-state index contributed by atoms with van der Waals surface area (Å²) in [5.41, 5.74) is 3.30. The van der Waals surface area contributed by atoms with E-state index >= 15 is 0 Å². The largest absolute Gasteiger partial charge is 0.498 e. The Bertz CT molecular complexity index is 2630. The zero-order valence-electron chi connectivity index (χ0n) is 57.2. The van der Waals surface area contributed by atoms with Gasteiger partial charge in [-0.3, -0.25) is 9.97 Å². The number of hydrogen-bond acceptors (Lipinski definition) is 10. The molecule has 4 aromatic rings. The fourth-order valence-electron chi connectivity index (χ4n) is 8.27. The number of nitrogens with zero attached hydrogens (tertiary/aromatic N) is 2. The zero-order chi connectivity index (χ0) is 66.2. The van der Waals surface area contributed by atoms with E-state index in [4.69, 9.17) is 70.8 Å². The van der Waals surface area contributed by atoms with Gasteiger partial charge >= 0.3 is 21.1 Å². The molecule has 0 atom stereocenters. The third-order valence-electron chi connectivity index (χ3n) is 15.9. The fraction of sp³-hybridized carbons (Fsp3) is 0.559. The summed E-state index contributed by atoms with van der Waals surface area (Å²) in [6.45, 7) is 37.5. The Morgan fingerprint density at radius 1 is 0.438 bits per heavy atom. The molecular formula is C68H105B3Br2Cl2Ir2N2O10+2. The van der Waals surface area contributed by atoms with Crippen LogP contribution in [0.2, 0.25) is 10.0 Å². The van der Waals surface area contributed by atoms with E-state index in [1.165, 1.54) is 76.7 Å². The van der Waals surface area contributed by atoms with Gasteiger partial charge < -0.3 is 47.6 Å². The summed E-state index contributed by atoms with van der Waals surface area (Å²) in [4.78, 5) is 8.97. The zero-order valence-corrected chi connectivity index (χ0v) is 66.7. The van der Waals surface area contributed by atoms with Gasteiger partial charge in [0.1, 0.15) is 25.7 Å². The molecule has 9 rings (SSSR count). The SMILES string of the molecule is C1=CCC/C=C\CC1.C1=CCC/C=C\CC1.CC(C)(C)c1ccnc(-c2cc(C(C)(C)C)ccn2)c1.CC1(C)OB(B2OC(C)(C)C(C)(C)O2)OC1(C)C.COc1cc(Br)c(Cl)cc1B1OC(C)(C)C(C)(C)O1.COc1ccc(Cl)c(Br)c1.C[OH2+].C[OH2+].[Ir].[Ir]. The molecule has 4 N–H and O–H groups in total. The summed E-state index contributed by atoms with van der Waals surface area (Å²) in [5.74, 6) is 1.49. The van der Waals surface area contributed by atoms with Crippen molar-refractivity contribution in [2.75, 3.05) is 28.4 Å². The van der Waals surface area contributed by atoms with Gasteiger partial charge in [0.15, 0.2) is 0 Å². The third kappa shape index (κ3) is 27.7. The van der Waals surface area contributed by atoms with E-state index in [9.17, 15) is 0 Å². The monoisotopic (exact) mass is 1760 g/mol. The molecule has 2 radical (unpaired) electrons. The minimum absolute atomic E-state index is 0. The molecule has 5 heterocycles. The number of rotatable bonds is 5. The van der Waals surface area contributed by atoms with E-state index in [-0.39, 0.29) is 84.6 Å². The quantitative estimate of drug-likeness (QED) is 0.108. The van der Waals surface area contributed by atoms with Crippen molar-refractivity contribution in [2.24, 2.45) is 0 Å². The Morgan fingerprint density at radius 2 is 0.742 bits per heavy atom. The van der Waals surface area contributed by atoms with E-state index in [0.29, 0.717) is 15.8 Å². The van der Waals surface area contributed by atoms with Crippen molar-refractivity contribution in [3.63, 3.8) is 0 Å². The molecule has 0 amide bonds. The van der Waals surface area contributed by atoms with Gasteiger partial charge in [0.05, 0.1) is 69.3 Å². The third-order valence-corrected chi connectivity index (χ3v) is 18.3. The molecule has 5 aliphatic rings. The molecule has 89 heavy (non-hydrogen) atoms. The Labute approximate surface area is 592 Å². The molecule has 12 nitrogen and oxygen atoms in total. The van der Waals surface area contributed by atoms with E-state index in [1.54, 1.807) is 20.3 Å². The van der Waals surface area contributed by atoms with Crippen LogP contribution in [0.3, 0.4) is 0 Å². The Hall–Kier alpha value is -1.99. The maximum absolute atomic E-state index is 6.15. The Morgan fingerprint density at radius 3 is 1.02 bits per heavy atom. The summed E-state index contributed by atoms with van der Waals surface area (Å²) >= 11 is 18.5. The van der Waals surface area contributed by atoms with E-state index in [1.807, 2.05) is 120 Å². The van der Waals surface area contributed by atoms with E-state index < -0.39 is 21.1 Å². The number of methoxy groups -OCH3 is 2. The Balaban J connectivity index is 0.00000106. The second-order valence-corrected chi connectivity index (χ2v) is 28.7. The molecule has 0 bridgehead atoms. The standard InChI is InChI=1S/C18H24N2.C13H17BBrClO3.C12H24B2O4.2C8H12.C7H6BrClO.2CH4O.2Ir/c1-17(2,3)13-7-9-19-15(11-13)16-12-14(8-10-20-16)18(4,5)6;1-12(2)13(3,4)19-14(18-12)8-6-10(16)9(15)7-11(8)17-5;1-9(2)10(3,4)16-13(15-9)14-17-11(5,6)12(7,8)18-14;2*1-2-4-6-8-7-5-3-1;1-10-5-2-3-7(9)6(8)4-5;2*1-2;;/h7-12H,1-6H3;6-7H,1-5H3;1-8H3;2*1-2,7-8H,3-6H2;2-4H,1H3;2*2H,1H3;;/p+2/b;;;2*2-1-,8-7?;;;;;. The maximum Gasteiger partial charge on any atom is 0.498 e. The number of pyridine rings is 2. The first-order valence-electron chi connectivity index (χ1n) is 30.1. The van der Waals surface area contributed by atoms with Crippen molar-refractivity contribution >= 4 is 81.7 Å². The average molecular weight is 1760 g/mol. The molecule has 0 unspecified atom stereocenters. The van der Waals surface area contributed by atoms with Crippen LogP contribution in [0.5, 0.6) is 11.5 Å². The van der Waals surface area contributed by atoms with Crippen LogP contribution in [0.25, 0.3) is 11.4 Å². The van der Waals surface area contributed by atoms with E-state index in [0.717, 1.165) is 31.5 Å². The number of aromatic nitrogens is 2. The van der Waals surface area contributed by atoms with Gasteiger partial charge in [0.2, 0.25) is 0 Å². The molecule has 21 heteroatoms. The van der Waals surface area contributed by atoms with Gasteiger partial charge in [-0.1, -0.05) is 113 Å². The number of benzene rings is 2. The van der Waals surface area contributed by atoms with Crippen molar-refractivity contribution in [1.82, 2.24) is 9.97 Å². The summed E-state index contributed by atoms with van der Waals surface area (Å²) in [6, 6.07) is 17.5. The normalized spacial score (nSPS) is 19.2. The molecule has 2 aromatic carbocycles. The number of halogens is 4. The molecule has 2 aromatic heterocycles. The van der Waals surface area contributed by atoms with Gasteiger partial charge in [-0.15, -0.1) is 0 Å². The van der Waals surface area contributed by atoms with Gasteiger partial charge in [0, 0.05) is 67.0 Å². The smallest absolute Gasteiger partial charge is 0.497 e. The summed E-state index contributed by atoms with van der Waals surface area (Å²) in [5, 5.41) is 12.8. The molecule has 3 saturated heterocycles. The topological polar surface area (TPSA) is 145 Å². The van der Waals surface area contributed by atoms with Crippen molar-refractivity contribution in [3.05, 3.63) is 146 Å². The van der Waals surface area contributed by atoms with Gasteiger partial charge in [-0.05, 0) is 243 Å². The molecule has 500 valence electrons. The molecule has 3 aliphatic heterocycles. The summed E-state index contributed by atoms with van der Waals surface area (Å²) in [6.07, 6.45) is 31.8. The van der Waals surface area contributed by atoms with Crippen LogP contribution in [0, 0.1) is 0 Å². The van der Waals surface area contributed by atoms with Gasteiger partial charge in [-0.25, -0.2) is 0 Å². The molecular weight excluding hydrogens is 1650 g/mol. The second-order valence-electron chi connectivity index (χ2n) is 26.2. The van der Waals surface area contributed by atoms with Crippen LogP contribution in [0.4, 0.5) is 0 Å². The van der Waals surface area contributed by atoms with Crippen molar-refractivity contribution in [2.45, 2.75) is 220 Å². The minimum Gasteiger partial charge on any atom is -0.497 e. The molecule has 2 aliphatic carbocycles. The van der Waals surface area contributed by atoms with Crippen LogP contribution in [-0.4, -0.2) is 103 Å². The van der Waals surface area contributed by atoms with Gasteiger partial charge in [-0.2, -0.15) is 0 Å². The van der Waals surface area contributed by atoms with E-state index in [2.05, 4.69) is 156 Å². The molecule has 0 spiro atoms. The Kier molecular flexibility index (Phi) is 38.9. The van der Waals surface area contributed by atoms with Crippen LogP contribution < -0.4 is 14.9 Å². The average Bonchev–Trinajstić information content (AvgIpc) is 1.87. The summed E-state index contributed by atoms with van der Waals surface area (Å²) < 4.78 is 47.9. The number of ether oxygens (including phenoxy) is 2. The number of hydrogen-bond donors (Lipinski definition) is 0. The predicted molar refractivity (Wildman–Crippen MR) is 377 cm³/mol. The fourth-order valence-corrected chi connectivity index (χ4v) is 9.23. The van der Waals surface area contributed by atoms with Crippen LogP contribution >= 0.6 is 55.1 Å². The first kappa shape index (κ1) is 87.0. The van der Waals surface area contributed by atoms with Crippen LogP contribution in [0.1, 0.15) is 187 Å². The predicted octanol–water partition coefficient (Wildman–Crippen LogP) is 17.5.